The number of aryl methyl sites for hydroxylation is 3. The highest BCUT2D eigenvalue weighted by Crippen LogP contribution is 2.58. The Bertz CT molecular complexity index is 1120. The molecule has 0 aliphatic heterocycles. The molecule has 0 bridgehead atoms. The van der Waals surface area contributed by atoms with Crippen molar-refractivity contribution in [3.63, 3.8) is 0 Å². The molecule has 0 heteroatoms. The molecule has 0 nitrogen and oxygen atoms in total. The maximum atomic E-state index is 4.39. The first kappa shape index (κ1) is 24.1. The molecule has 5 rings (SSSR count). The molecular weight excluding hydrogens is 420 g/mol. The van der Waals surface area contributed by atoms with Crippen LogP contribution < -0.4 is 0 Å². The Morgan fingerprint density at radius 3 is 1.91 bits per heavy atom. The van der Waals surface area contributed by atoms with E-state index >= 15 is 0 Å². The third-order valence-corrected chi connectivity index (χ3v) is 9.03. The van der Waals surface area contributed by atoms with E-state index in [1.54, 1.807) is 5.56 Å². The normalized spacial score (nSPS) is 26.7. The van der Waals surface area contributed by atoms with E-state index in [4.69, 9.17) is 0 Å². The minimum atomic E-state index is 0.560. The first-order valence-corrected chi connectivity index (χ1v) is 13.9. The van der Waals surface area contributed by atoms with Crippen LogP contribution in [0.3, 0.4) is 0 Å². The number of rotatable bonds is 6. The molecule has 0 heterocycles. The third-order valence-electron chi connectivity index (χ3n) is 9.03. The van der Waals surface area contributed by atoms with Crippen molar-refractivity contribution < 1.29 is 0 Å². The predicted octanol–water partition coefficient (Wildman–Crippen LogP) is 9.67. The van der Waals surface area contributed by atoms with Crippen molar-refractivity contribution in [1.82, 2.24) is 0 Å². The molecule has 2 saturated carbocycles. The van der Waals surface area contributed by atoms with Crippen molar-refractivity contribution >= 4 is 0 Å². The van der Waals surface area contributed by atoms with Gasteiger partial charge in [-0.2, -0.15) is 0 Å². The summed E-state index contributed by atoms with van der Waals surface area (Å²) in [5.74, 6) is 3.17. The quantitative estimate of drug-likeness (QED) is 0.320. The summed E-state index contributed by atoms with van der Waals surface area (Å²) in [4.78, 5) is 0. The van der Waals surface area contributed by atoms with Crippen molar-refractivity contribution in [2.24, 2.45) is 11.8 Å². The van der Waals surface area contributed by atoms with E-state index in [0.717, 1.165) is 12.3 Å². The average Bonchev–Trinajstić information content (AvgIpc) is 3.24. The van der Waals surface area contributed by atoms with Gasteiger partial charge < -0.3 is 0 Å². The first-order valence-electron chi connectivity index (χ1n) is 13.9. The Morgan fingerprint density at radius 2 is 1.31 bits per heavy atom. The summed E-state index contributed by atoms with van der Waals surface area (Å²) >= 11 is 0. The van der Waals surface area contributed by atoms with Gasteiger partial charge in [-0.15, -0.1) is 0 Å². The molecule has 0 radical (unpaired) electrons. The second kappa shape index (κ2) is 10.6. The van der Waals surface area contributed by atoms with E-state index in [2.05, 4.69) is 100 Å². The van der Waals surface area contributed by atoms with Gasteiger partial charge in [0.15, 0.2) is 0 Å². The SMILES string of the molecule is C=C1CCCC(CC2C(c3ccc(CC)cc3)CC(c3ccc(C)cc3)C2c2ccc(C)cc2)C1. The van der Waals surface area contributed by atoms with Crippen molar-refractivity contribution in [3.05, 3.63) is 118 Å². The lowest BCUT2D eigenvalue weighted by Gasteiger charge is -2.33. The fourth-order valence-electron chi connectivity index (χ4n) is 7.10. The zero-order valence-electron chi connectivity index (χ0n) is 22.0. The Morgan fingerprint density at radius 1 is 0.743 bits per heavy atom. The maximum Gasteiger partial charge on any atom is -0.00586 e. The van der Waals surface area contributed by atoms with E-state index in [1.807, 2.05) is 0 Å². The predicted molar refractivity (Wildman–Crippen MR) is 150 cm³/mol. The van der Waals surface area contributed by atoms with E-state index < -0.39 is 0 Å². The average molecular weight is 463 g/mol. The monoisotopic (exact) mass is 462 g/mol. The van der Waals surface area contributed by atoms with E-state index in [0.29, 0.717) is 23.7 Å². The van der Waals surface area contributed by atoms with Gasteiger partial charge in [-0.05, 0) is 111 Å². The van der Waals surface area contributed by atoms with Crippen LogP contribution >= 0.6 is 0 Å². The summed E-state index contributed by atoms with van der Waals surface area (Å²) in [5, 5.41) is 0. The zero-order valence-corrected chi connectivity index (χ0v) is 22.0. The van der Waals surface area contributed by atoms with Crippen LogP contribution in [0.4, 0.5) is 0 Å². The van der Waals surface area contributed by atoms with Crippen LogP contribution in [0.5, 0.6) is 0 Å². The summed E-state index contributed by atoms with van der Waals surface area (Å²) in [6.45, 7) is 11.1. The molecule has 2 fully saturated rings. The molecular formula is C35H42. The van der Waals surface area contributed by atoms with Gasteiger partial charge >= 0.3 is 0 Å². The fourth-order valence-corrected chi connectivity index (χ4v) is 7.10. The standard InChI is InChI=1S/C35H42/c1-5-27-13-19-29(20-14-27)32-23-33(30-15-9-24(2)10-16-30)35(31-17-11-25(3)12-18-31)34(32)22-28-8-6-7-26(4)21-28/h9-20,28,32-35H,4-8,21-23H2,1-3H3. The molecule has 182 valence electrons. The van der Waals surface area contributed by atoms with Gasteiger partial charge in [-0.1, -0.05) is 103 Å². The van der Waals surface area contributed by atoms with Crippen LogP contribution in [-0.4, -0.2) is 0 Å². The summed E-state index contributed by atoms with van der Waals surface area (Å²) in [5.41, 5.74) is 10.2. The number of allylic oxidation sites excluding steroid dienone is 1. The second-order valence-corrected chi connectivity index (χ2v) is 11.5. The Kier molecular flexibility index (Phi) is 7.28. The van der Waals surface area contributed by atoms with E-state index in [-0.39, 0.29) is 0 Å². The van der Waals surface area contributed by atoms with E-state index in [1.165, 1.54) is 71.9 Å². The van der Waals surface area contributed by atoms with Gasteiger partial charge in [0.2, 0.25) is 0 Å². The molecule has 35 heavy (non-hydrogen) atoms. The van der Waals surface area contributed by atoms with Crippen LogP contribution in [0.1, 0.15) is 96.6 Å². The van der Waals surface area contributed by atoms with Crippen LogP contribution in [0, 0.1) is 25.7 Å². The summed E-state index contributed by atoms with van der Waals surface area (Å²) in [6.07, 6.45) is 8.82. The van der Waals surface area contributed by atoms with Gasteiger partial charge in [0, 0.05) is 0 Å². The number of hydrogen-bond acceptors (Lipinski definition) is 0. The molecule has 2 aliphatic rings. The highest BCUT2D eigenvalue weighted by atomic mass is 14.5. The lowest BCUT2D eigenvalue weighted by atomic mass is 9.71. The van der Waals surface area contributed by atoms with Crippen LogP contribution in [-0.2, 0) is 6.42 Å². The molecule has 3 aromatic rings. The Hall–Kier alpha value is -2.60. The molecule has 5 atom stereocenters. The number of benzene rings is 3. The summed E-state index contributed by atoms with van der Waals surface area (Å²) < 4.78 is 0. The van der Waals surface area contributed by atoms with Crippen molar-refractivity contribution in [3.8, 4) is 0 Å². The minimum absolute atomic E-state index is 0.560. The smallest absolute Gasteiger partial charge is 0.00586 e. The fraction of sp³-hybridized carbons (Fsp3) is 0.429. The Labute approximate surface area is 213 Å². The zero-order chi connectivity index (χ0) is 24.4. The van der Waals surface area contributed by atoms with Crippen molar-refractivity contribution in [2.45, 2.75) is 83.5 Å². The van der Waals surface area contributed by atoms with Crippen molar-refractivity contribution in [1.29, 1.82) is 0 Å². The lowest BCUT2D eigenvalue weighted by molar-refractivity contribution is 0.288. The van der Waals surface area contributed by atoms with Gasteiger partial charge in [0.1, 0.15) is 0 Å². The van der Waals surface area contributed by atoms with Crippen LogP contribution in [0.2, 0.25) is 0 Å². The molecule has 5 unspecified atom stereocenters. The third kappa shape index (κ3) is 5.32. The van der Waals surface area contributed by atoms with Crippen LogP contribution in [0.25, 0.3) is 0 Å². The maximum absolute atomic E-state index is 4.39. The summed E-state index contributed by atoms with van der Waals surface area (Å²) in [6, 6.07) is 28.6. The molecule has 0 N–H and O–H groups in total. The minimum Gasteiger partial charge on any atom is -0.0999 e. The highest BCUT2D eigenvalue weighted by molar-refractivity contribution is 5.38. The van der Waals surface area contributed by atoms with Crippen molar-refractivity contribution in [2.75, 3.05) is 0 Å². The molecule has 3 aromatic carbocycles. The van der Waals surface area contributed by atoms with Gasteiger partial charge in [0.25, 0.3) is 0 Å². The topological polar surface area (TPSA) is 0 Å². The van der Waals surface area contributed by atoms with Gasteiger partial charge in [-0.3, -0.25) is 0 Å². The molecule has 2 aliphatic carbocycles. The molecule has 0 spiro atoms. The molecule has 0 aromatic heterocycles. The number of hydrogen-bond donors (Lipinski definition) is 0. The van der Waals surface area contributed by atoms with Gasteiger partial charge in [0.05, 0.1) is 0 Å². The van der Waals surface area contributed by atoms with Gasteiger partial charge in [-0.25, -0.2) is 0 Å². The molecule has 0 saturated heterocycles. The van der Waals surface area contributed by atoms with Crippen LogP contribution in [0.15, 0.2) is 84.9 Å². The summed E-state index contributed by atoms with van der Waals surface area (Å²) in [7, 11) is 0. The largest absolute Gasteiger partial charge is 0.0999 e. The highest BCUT2D eigenvalue weighted by Gasteiger charge is 2.45. The second-order valence-electron chi connectivity index (χ2n) is 11.5. The Balaban J connectivity index is 1.57. The lowest BCUT2D eigenvalue weighted by Crippen LogP contribution is -2.21. The first-order chi connectivity index (χ1) is 17.0. The molecule has 0 amide bonds. The van der Waals surface area contributed by atoms with E-state index in [9.17, 15) is 0 Å².